The lowest BCUT2D eigenvalue weighted by Gasteiger charge is -2.10. The van der Waals surface area contributed by atoms with Gasteiger partial charge in [0.05, 0.1) is 28.0 Å². The van der Waals surface area contributed by atoms with Crippen LogP contribution in [0.2, 0.25) is 5.02 Å². The Bertz CT molecular complexity index is 855. The van der Waals surface area contributed by atoms with Crippen LogP contribution >= 0.6 is 55.2 Å². The normalized spacial score (nSPS) is 10.7. The summed E-state index contributed by atoms with van der Waals surface area (Å²) in [6, 6.07) is 10.7. The molecule has 0 saturated carbocycles. The second kappa shape index (κ2) is 11.5. The summed E-state index contributed by atoms with van der Waals surface area (Å²) in [4.78, 5) is 24.0. The number of carbonyl (C=O) groups is 2. The Morgan fingerprint density at radius 3 is 2.46 bits per heavy atom. The van der Waals surface area contributed by atoms with E-state index in [4.69, 9.17) is 16.3 Å². The number of nitrogens with zero attached hydrogens (tertiary/aromatic N) is 1. The molecule has 0 heterocycles. The third kappa shape index (κ3) is 7.46. The summed E-state index contributed by atoms with van der Waals surface area (Å²) in [6.07, 6.45) is 1.50. The molecule has 10 heteroatoms. The van der Waals surface area contributed by atoms with Crippen LogP contribution in [0, 0.1) is 0 Å². The minimum atomic E-state index is -0.483. The minimum Gasteiger partial charge on any atom is -0.480 e. The number of methoxy groups -OCH3 is 1. The van der Waals surface area contributed by atoms with Crippen LogP contribution < -0.4 is 10.2 Å². The second-order valence-corrected chi connectivity index (χ2v) is 8.41. The number of halogens is 3. The summed E-state index contributed by atoms with van der Waals surface area (Å²) in [6.45, 7) is -0.206. The highest BCUT2D eigenvalue weighted by Gasteiger charge is 2.11. The Morgan fingerprint density at radius 2 is 1.86 bits per heavy atom. The van der Waals surface area contributed by atoms with Crippen molar-refractivity contribution in [3.05, 3.63) is 55.9 Å². The highest BCUT2D eigenvalue weighted by atomic mass is 79.9. The maximum absolute atomic E-state index is 11.9. The molecule has 0 saturated heterocycles. The largest absolute Gasteiger partial charge is 0.480 e. The Morgan fingerprint density at radius 1 is 1.21 bits per heavy atom. The molecule has 0 aliphatic rings. The van der Waals surface area contributed by atoms with Crippen molar-refractivity contribution < 1.29 is 19.1 Å². The zero-order valence-electron chi connectivity index (χ0n) is 14.6. The average molecular weight is 551 g/mol. The summed E-state index contributed by atoms with van der Waals surface area (Å²) < 4.78 is 11.2. The molecule has 0 fully saturated rings. The lowest BCUT2D eigenvalue weighted by Crippen LogP contribution is -2.19. The Labute approximate surface area is 188 Å². The van der Waals surface area contributed by atoms with Gasteiger partial charge < -0.3 is 9.47 Å². The van der Waals surface area contributed by atoms with Gasteiger partial charge in [-0.2, -0.15) is 5.10 Å². The molecule has 1 N–H and O–H groups in total. The van der Waals surface area contributed by atoms with Crippen LogP contribution in [0.1, 0.15) is 5.56 Å². The molecule has 0 atom stereocenters. The maximum Gasteiger partial charge on any atom is 0.343 e. The summed E-state index contributed by atoms with van der Waals surface area (Å²) in [5.74, 6) is -0.0194. The van der Waals surface area contributed by atoms with Crippen LogP contribution in [0.4, 0.5) is 0 Å². The van der Waals surface area contributed by atoms with Crippen LogP contribution in [0.3, 0.4) is 0 Å². The zero-order valence-corrected chi connectivity index (χ0v) is 19.3. The van der Waals surface area contributed by atoms with E-state index < -0.39 is 5.97 Å². The smallest absolute Gasteiger partial charge is 0.343 e. The van der Waals surface area contributed by atoms with E-state index in [1.807, 2.05) is 12.1 Å². The molecule has 0 aliphatic carbocycles. The van der Waals surface area contributed by atoms with Gasteiger partial charge in [-0.15, -0.1) is 11.8 Å². The third-order valence-electron chi connectivity index (χ3n) is 3.17. The number of esters is 1. The highest BCUT2D eigenvalue weighted by Crippen LogP contribution is 2.34. The number of nitrogens with one attached hydrogen (secondary N) is 1. The maximum atomic E-state index is 11.9. The molecule has 0 aromatic heterocycles. The van der Waals surface area contributed by atoms with Gasteiger partial charge in [0.25, 0.3) is 0 Å². The predicted molar refractivity (Wildman–Crippen MR) is 117 cm³/mol. The first kappa shape index (κ1) is 22.7. The summed E-state index contributed by atoms with van der Waals surface area (Å²) in [5, 5.41) is 4.60. The van der Waals surface area contributed by atoms with E-state index in [2.05, 4.69) is 47.1 Å². The number of rotatable bonds is 8. The highest BCUT2D eigenvalue weighted by molar-refractivity contribution is 9.11. The van der Waals surface area contributed by atoms with E-state index in [0.717, 1.165) is 10.5 Å². The number of hydrazone groups is 1. The molecule has 148 valence electrons. The molecule has 0 radical (unpaired) electrons. The molecular formula is C18H15Br2ClN2O4S. The van der Waals surface area contributed by atoms with Gasteiger partial charge in [-0.3, -0.25) is 4.79 Å². The van der Waals surface area contributed by atoms with Gasteiger partial charge in [-0.1, -0.05) is 11.6 Å². The van der Waals surface area contributed by atoms with Crippen LogP contribution in [0.15, 0.2) is 55.3 Å². The van der Waals surface area contributed by atoms with Gasteiger partial charge in [0, 0.05) is 9.92 Å². The molecule has 28 heavy (non-hydrogen) atoms. The number of ether oxygens (including phenoxy) is 2. The van der Waals surface area contributed by atoms with Crippen LogP contribution in [0.25, 0.3) is 0 Å². The number of amides is 1. The van der Waals surface area contributed by atoms with Gasteiger partial charge >= 0.3 is 5.97 Å². The second-order valence-electron chi connectivity index (χ2n) is 5.21. The topological polar surface area (TPSA) is 77.0 Å². The van der Waals surface area contributed by atoms with Gasteiger partial charge in [-0.25, -0.2) is 10.2 Å². The number of benzene rings is 2. The molecule has 2 aromatic rings. The Hall–Kier alpha value is -1.55. The van der Waals surface area contributed by atoms with Crippen molar-refractivity contribution in [3.8, 4) is 5.75 Å². The van der Waals surface area contributed by atoms with E-state index in [9.17, 15) is 9.59 Å². The quantitative estimate of drug-likeness (QED) is 0.224. The fourth-order valence-electron chi connectivity index (χ4n) is 1.87. The lowest BCUT2D eigenvalue weighted by atomic mass is 10.2. The summed E-state index contributed by atoms with van der Waals surface area (Å²) in [5.41, 5.74) is 3.19. The monoisotopic (exact) mass is 548 g/mol. The van der Waals surface area contributed by atoms with Gasteiger partial charge in [0.1, 0.15) is 5.75 Å². The molecule has 0 bridgehead atoms. The first-order chi connectivity index (χ1) is 13.4. The SMILES string of the molecule is COC(=O)COc1c(Br)cc(/C=N\NC(=O)CSc2ccc(Cl)cc2)cc1Br. The predicted octanol–water partition coefficient (Wildman–Crippen LogP) is 4.66. The molecule has 2 rings (SSSR count). The number of hydrogen-bond acceptors (Lipinski definition) is 6. The zero-order chi connectivity index (χ0) is 20.5. The molecular weight excluding hydrogens is 536 g/mol. The molecule has 2 aromatic carbocycles. The summed E-state index contributed by atoms with van der Waals surface area (Å²) in [7, 11) is 1.29. The third-order valence-corrected chi connectivity index (χ3v) is 5.61. The van der Waals surface area contributed by atoms with Crippen molar-refractivity contribution in [1.29, 1.82) is 0 Å². The fraction of sp³-hybridized carbons (Fsp3) is 0.167. The van der Waals surface area contributed by atoms with E-state index in [1.54, 1.807) is 24.3 Å². The number of thioether (sulfide) groups is 1. The van der Waals surface area contributed by atoms with Gasteiger partial charge in [0.15, 0.2) is 6.61 Å². The van der Waals surface area contributed by atoms with Gasteiger partial charge in [0.2, 0.25) is 5.91 Å². The standard InChI is InChI=1S/C18H15Br2ClN2O4S/c1-26-17(25)9-27-18-14(19)6-11(7-15(18)20)8-22-23-16(24)10-28-13-4-2-12(21)3-5-13/h2-8H,9-10H2,1H3,(H,23,24)/b22-8-. The number of hydrogen-bond donors (Lipinski definition) is 1. The molecule has 6 nitrogen and oxygen atoms in total. The molecule has 1 amide bonds. The molecule has 0 unspecified atom stereocenters. The van der Waals surface area contributed by atoms with E-state index in [1.165, 1.54) is 25.1 Å². The van der Waals surface area contributed by atoms with Crippen LogP contribution in [0.5, 0.6) is 5.75 Å². The van der Waals surface area contributed by atoms with E-state index in [0.29, 0.717) is 19.7 Å². The van der Waals surface area contributed by atoms with E-state index in [-0.39, 0.29) is 18.3 Å². The Balaban J connectivity index is 1.88. The fourth-order valence-corrected chi connectivity index (χ4v) is 4.14. The van der Waals surface area contributed by atoms with Crippen molar-refractivity contribution in [2.75, 3.05) is 19.5 Å². The lowest BCUT2D eigenvalue weighted by molar-refractivity contribution is -0.142. The van der Waals surface area contributed by atoms with Crippen molar-refractivity contribution in [3.63, 3.8) is 0 Å². The van der Waals surface area contributed by atoms with Crippen molar-refractivity contribution >= 4 is 73.3 Å². The van der Waals surface area contributed by atoms with Gasteiger partial charge in [-0.05, 0) is 73.8 Å². The van der Waals surface area contributed by atoms with Crippen molar-refractivity contribution in [2.24, 2.45) is 5.10 Å². The first-order valence-electron chi connectivity index (χ1n) is 7.78. The summed E-state index contributed by atoms with van der Waals surface area (Å²) >= 11 is 14.0. The molecule has 0 spiro atoms. The molecule has 0 aliphatic heterocycles. The van der Waals surface area contributed by atoms with Crippen molar-refractivity contribution in [2.45, 2.75) is 4.90 Å². The van der Waals surface area contributed by atoms with E-state index >= 15 is 0 Å². The Kier molecular flexibility index (Phi) is 9.30. The van der Waals surface area contributed by atoms with Crippen LogP contribution in [-0.2, 0) is 14.3 Å². The van der Waals surface area contributed by atoms with Crippen LogP contribution in [-0.4, -0.2) is 37.6 Å². The number of carbonyl (C=O) groups excluding carboxylic acids is 2. The average Bonchev–Trinajstić information content (AvgIpc) is 2.66. The first-order valence-corrected chi connectivity index (χ1v) is 10.7. The van der Waals surface area contributed by atoms with Crippen molar-refractivity contribution in [1.82, 2.24) is 5.43 Å². The minimum absolute atomic E-state index is 0.206.